The van der Waals surface area contributed by atoms with Gasteiger partial charge in [0.1, 0.15) is 11.6 Å². The summed E-state index contributed by atoms with van der Waals surface area (Å²) in [6.45, 7) is 2.19. The Labute approximate surface area is 164 Å². The minimum absolute atomic E-state index is 0.0610. The van der Waals surface area contributed by atoms with Crippen molar-refractivity contribution in [1.29, 1.82) is 0 Å². The first-order valence-corrected chi connectivity index (χ1v) is 8.98. The fourth-order valence-electron chi connectivity index (χ4n) is 3.32. The summed E-state index contributed by atoms with van der Waals surface area (Å²) in [5, 5.41) is 5.11. The standard InChI is InChI=1S/C18H18F2N6O3/c19-11-2-1-9(7-12(11)20)22-17(28)10-8-13(27)23-16-14(10)15(21)24-18(25-16)26-3-5-29-6-4-26/h1-2,7,10H,3-6,8H2,(H,22,28)(H3,21,23,24,25,27). The highest BCUT2D eigenvalue weighted by atomic mass is 19.2. The summed E-state index contributed by atoms with van der Waals surface area (Å²) >= 11 is 0. The molecule has 4 N–H and O–H groups in total. The molecule has 0 spiro atoms. The predicted molar refractivity (Wildman–Crippen MR) is 100 cm³/mol. The molecule has 29 heavy (non-hydrogen) atoms. The van der Waals surface area contributed by atoms with Crippen molar-refractivity contribution in [3.8, 4) is 0 Å². The number of ether oxygens (including phenoxy) is 1. The number of fused-ring (bicyclic) bond motifs is 1. The summed E-state index contributed by atoms with van der Waals surface area (Å²) in [5.74, 6) is -3.52. The van der Waals surface area contributed by atoms with Crippen LogP contribution in [0, 0.1) is 11.6 Å². The Morgan fingerprint density at radius 3 is 2.72 bits per heavy atom. The molecule has 2 aliphatic heterocycles. The van der Waals surface area contributed by atoms with Gasteiger partial charge in [-0.1, -0.05) is 0 Å². The normalized spacial score (nSPS) is 18.8. The molecule has 1 atom stereocenters. The Bertz CT molecular complexity index is 980. The lowest BCUT2D eigenvalue weighted by molar-refractivity contribution is -0.123. The first-order valence-electron chi connectivity index (χ1n) is 8.98. The third kappa shape index (κ3) is 3.81. The van der Waals surface area contributed by atoms with Gasteiger partial charge in [-0.2, -0.15) is 9.97 Å². The Balaban J connectivity index is 1.63. The van der Waals surface area contributed by atoms with Gasteiger partial charge in [0.25, 0.3) is 0 Å². The van der Waals surface area contributed by atoms with Crippen molar-refractivity contribution in [2.75, 3.05) is 47.6 Å². The second kappa shape index (κ2) is 7.59. The van der Waals surface area contributed by atoms with Crippen molar-refractivity contribution in [3.05, 3.63) is 35.4 Å². The zero-order chi connectivity index (χ0) is 20.5. The number of carbonyl (C=O) groups is 2. The number of hydrogen-bond donors (Lipinski definition) is 3. The van der Waals surface area contributed by atoms with Crippen molar-refractivity contribution >= 4 is 35.1 Å². The topological polar surface area (TPSA) is 122 Å². The van der Waals surface area contributed by atoms with E-state index in [0.29, 0.717) is 37.8 Å². The van der Waals surface area contributed by atoms with Crippen LogP contribution >= 0.6 is 0 Å². The first-order chi connectivity index (χ1) is 13.9. The molecule has 0 saturated carbocycles. The van der Waals surface area contributed by atoms with Crippen LogP contribution in [-0.4, -0.2) is 48.1 Å². The molecule has 11 heteroatoms. The number of nitrogens with one attached hydrogen (secondary N) is 2. The Kier molecular flexibility index (Phi) is 4.97. The van der Waals surface area contributed by atoms with E-state index in [9.17, 15) is 18.4 Å². The number of nitrogen functional groups attached to an aromatic ring is 1. The molecular formula is C18H18F2N6O3. The fraction of sp³-hybridized carbons (Fsp3) is 0.333. The molecule has 0 aliphatic carbocycles. The van der Waals surface area contributed by atoms with Crippen molar-refractivity contribution in [2.45, 2.75) is 12.3 Å². The zero-order valence-electron chi connectivity index (χ0n) is 15.2. The van der Waals surface area contributed by atoms with Gasteiger partial charge in [0, 0.05) is 31.3 Å². The van der Waals surface area contributed by atoms with E-state index in [0.717, 1.165) is 12.1 Å². The molecule has 1 aromatic heterocycles. The summed E-state index contributed by atoms with van der Waals surface area (Å²) in [6.07, 6.45) is -0.174. The third-order valence-electron chi connectivity index (χ3n) is 4.76. The maximum Gasteiger partial charge on any atom is 0.232 e. The molecule has 1 aromatic carbocycles. The molecule has 2 amide bonds. The third-order valence-corrected chi connectivity index (χ3v) is 4.76. The molecule has 0 radical (unpaired) electrons. The maximum absolute atomic E-state index is 13.4. The number of rotatable bonds is 3. The lowest BCUT2D eigenvalue weighted by Crippen LogP contribution is -2.38. The molecule has 2 aromatic rings. The second-order valence-electron chi connectivity index (χ2n) is 6.69. The van der Waals surface area contributed by atoms with Gasteiger partial charge >= 0.3 is 0 Å². The van der Waals surface area contributed by atoms with Crippen LogP contribution in [0.3, 0.4) is 0 Å². The molecule has 1 unspecified atom stereocenters. The van der Waals surface area contributed by atoms with E-state index >= 15 is 0 Å². The molecule has 1 fully saturated rings. The number of anilines is 4. The van der Waals surface area contributed by atoms with Crippen LogP contribution < -0.4 is 21.3 Å². The first kappa shape index (κ1) is 19.0. The van der Waals surface area contributed by atoms with E-state index in [4.69, 9.17) is 10.5 Å². The van der Waals surface area contributed by atoms with Crippen LogP contribution in [0.2, 0.25) is 0 Å². The van der Waals surface area contributed by atoms with Crippen LogP contribution in [0.5, 0.6) is 0 Å². The SMILES string of the molecule is Nc1nc(N2CCOCC2)nc2c1C(C(=O)Nc1ccc(F)c(F)c1)CC(=O)N2. The van der Waals surface area contributed by atoms with Crippen molar-refractivity contribution in [3.63, 3.8) is 0 Å². The van der Waals surface area contributed by atoms with Gasteiger partial charge in [-0.3, -0.25) is 9.59 Å². The number of benzene rings is 1. The minimum Gasteiger partial charge on any atom is -0.383 e. The van der Waals surface area contributed by atoms with Crippen molar-refractivity contribution in [1.82, 2.24) is 9.97 Å². The van der Waals surface area contributed by atoms with Crippen LogP contribution in [-0.2, 0) is 14.3 Å². The number of amides is 2. The second-order valence-corrected chi connectivity index (χ2v) is 6.69. The molecule has 152 valence electrons. The predicted octanol–water partition coefficient (Wildman–Crippen LogP) is 1.24. The monoisotopic (exact) mass is 404 g/mol. The van der Waals surface area contributed by atoms with Crippen molar-refractivity contribution < 1.29 is 23.1 Å². The van der Waals surface area contributed by atoms with Gasteiger partial charge in [-0.15, -0.1) is 0 Å². The number of nitrogens with two attached hydrogens (primary N) is 1. The van der Waals surface area contributed by atoms with Gasteiger partial charge in [0.05, 0.1) is 24.7 Å². The summed E-state index contributed by atoms with van der Waals surface area (Å²) in [5.41, 5.74) is 6.46. The highest BCUT2D eigenvalue weighted by molar-refractivity contribution is 6.05. The summed E-state index contributed by atoms with van der Waals surface area (Å²) in [7, 11) is 0. The highest BCUT2D eigenvalue weighted by Crippen LogP contribution is 2.36. The lowest BCUT2D eigenvalue weighted by Gasteiger charge is -2.30. The molecular weight excluding hydrogens is 386 g/mol. The maximum atomic E-state index is 13.4. The number of carbonyl (C=O) groups excluding carboxylic acids is 2. The summed E-state index contributed by atoms with van der Waals surface area (Å²) < 4.78 is 31.8. The fourth-order valence-corrected chi connectivity index (χ4v) is 3.32. The quantitative estimate of drug-likeness (QED) is 0.703. The van der Waals surface area contributed by atoms with E-state index in [1.165, 1.54) is 6.07 Å². The summed E-state index contributed by atoms with van der Waals surface area (Å²) in [4.78, 5) is 35.5. The van der Waals surface area contributed by atoms with Gasteiger partial charge in [0.15, 0.2) is 11.6 Å². The lowest BCUT2D eigenvalue weighted by atomic mass is 9.92. The minimum atomic E-state index is -1.09. The van der Waals surface area contributed by atoms with Crippen LogP contribution in [0.1, 0.15) is 17.9 Å². The molecule has 0 bridgehead atoms. The molecule has 1 saturated heterocycles. The number of hydrogen-bond acceptors (Lipinski definition) is 7. The Morgan fingerprint density at radius 1 is 1.24 bits per heavy atom. The molecule has 3 heterocycles. The van der Waals surface area contributed by atoms with Crippen molar-refractivity contribution in [2.24, 2.45) is 0 Å². The molecule has 2 aliphatic rings. The highest BCUT2D eigenvalue weighted by Gasteiger charge is 2.35. The Morgan fingerprint density at radius 2 is 2.00 bits per heavy atom. The molecule has 9 nitrogen and oxygen atoms in total. The zero-order valence-corrected chi connectivity index (χ0v) is 15.2. The smallest absolute Gasteiger partial charge is 0.232 e. The Hall–Kier alpha value is -3.34. The van der Waals surface area contributed by atoms with Gasteiger partial charge in [-0.25, -0.2) is 8.78 Å². The average molecular weight is 404 g/mol. The number of morpholine rings is 1. The molecule has 4 rings (SSSR count). The van der Waals surface area contributed by atoms with Crippen LogP contribution in [0.25, 0.3) is 0 Å². The van der Waals surface area contributed by atoms with E-state index in [1.54, 1.807) is 0 Å². The summed E-state index contributed by atoms with van der Waals surface area (Å²) in [6, 6.07) is 2.98. The van der Waals surface area contributed by atoms with E-state index in [1.807, 2.05) is 4.90 Å². The van der Waals surface area contributed by atoms with E-state index < -0.39 is 29.4 Å². The van der Waals surface area contributed by atoms with Crippen LogP contribution in [0.4, 0.5) is 32.1 Å². The van der Waals surface area contributed by atoms with E-state index in [2.05, 4.69) is 20.6 Å². The van der Waals surface area contributed by atoms with Gasteiger partial charge in [0.2, 0.25) is 17.8 Å². The van der Waals surface area contributed by atoms with Crippen LogP contribution in [0.15, 0.2) is 18.2 Å². The van der Waals surface area contributed by atoms with E-state index in [-0.39, 0.29) is 23.7 Å². The number of aromatic nitrogens is 2. The average Bonchev–Trinajstić information content (AvgIpc) is 2.70. The number of halogens is 2. The largest absolute Gasteiger partial charge is 0.383 e. The number of nitrogens with zero attached hydrogens (tertiary/aromatic N) is 3. The van der Waals surface area contributed by atoms with Gasteiger partial charge in [-0.05, 0) is 12.1 Å². The van der Waals surface area contributed by atoms with Gasteiger partial charge < -0.3 is 26.0 Å².